The van der Waals surface area contributed by atoms with Crippen LogP contribution in [0.1, 0.15) is 16.9 Å². The van der Waals surface area contributed by atoms with Gasteiger partial charge in [-0.25, -0.2) is 9.79 Å². The van der Waals surface area contributed by atoms with Gasteiger partial charge in [-0.15, -0.1) is 0 Å². The minimum Gasteiger partial charge on any atom is -0.493 e. The van der Waals surface area contributed by atoms with E-state index in [0.717, 1.165) is 5.56 Å². The fraction of sp³-hybridized carbons (Fsp3) is 0.174. The zero-order valence-electron chi connectivity index (χ0n) is 17.5. The SMILES string of the molecule is COc1ccc(/C=C2/N=C(c3c(-c4ccccc4)noc3C)OC2=O)c(OC)c1OC. The van der Waals surface area contributed by atoms with Gasteiger partial charge in [-0.1, -0.05) is 35.5 Å². The summed E-state index contributed by atoms with van der Waals surface area (Å²) < 4.78 is 27.0. The van der Waals surface area contributed by atoms with Crippen molar-refractivity contribution in [1.29, 1.82) is 0 Å². The van der Waals surface area contributed by atoms with Crippen molar-refractivity contribution in [1.82, 2.24) is 5.16 Å². The van der Waals surface area contributed by atoms with Gasteiger partial charge in [0.1, 0.15) is 17.0 Å². The minimum atomic E-state index is -0.591. The Kier molecular flexibility index (Phi) is 5.44. The number of carbonyl (C=O) groups excluding carboxylic acids is 1. The van der Waals surface area contributed by atoms with Gasteiger partial charge in [0.15, 0.2) is 17.2 Å². The van der Waals surface area contributed by atoms with Crippen LogP contribution in [0.2, 0.25) is 0 Å². The summed E-state index contributed by atoms with van der Waals surface area (Å²) in [6, 6.07) is 12.9. The van der Waals surface area contributed by atoms with Crippen molar-refractivity contribution in [2.45, 2.75) is 6.92 Å². The van der Waals surface area contributed by atoms with Gasteiger partial charge in [0.25, 0.3) is 0 Å². The average Bonchev–Trinajstić information content (AvgIpc) is 3.35. The molecule has 31 heavy (non-hydrogen) atoms. The molecule has 0 radical (unpaired) electrons. The largest absolute Gasteiger partial charge is 0.493 e. The Morgan fingerprint density at radius 2 is 1.68 bits per heavy atom. The molecule has 2 heterocycles. The number of methoxy groups -OCH3 is 3. The molecule has 0 bridgehead atoms. The summed E-state index contributed by atoms with van der Waals surface area (Å²) >= 11 is 0. The smallest absolute Gasteiger partial charge is 0.363 e. The Bertz CT molecular complexity index is 1190. The molecule has 0 saturated heterocycles. The zero-order valence-corrected chi connectivity index (χ0v) is 17.5. The second-order valence-electron chi connectivity index (χ2n) is 6.59. The molecule has 4 rings (SSSR count). The lowest BCUT2D eigenvalue weighted by atomic mass is 10.1. The van der Waals surface area contributed by atoms with Gasteiger partial charge in [-0.3, -0.25) is 0 Å². The molecule has 8 heteroatoms. The number of carbonyl (C=O) groups is 1. The van der Waals surface area contributed by atoms with Crippen LogP contribution in [0.25, 0.3) is 17.3 Å². The summed E-state index contributed by atoms with van der Waals surface area (Å²) in [5.41, 5.74) is 2.60. The first-order chi connectivity index (χ1) is 15.1. The Labute approximate surface area is 178 Å². The Hall–Kier alpha value is -4.07. The van der Waals surface area contributed by atoms with Crippen LogP contribution in [0, 0.1) is 6.92 Å². The summed E-state index contributed by atoms with van der Waals surface area (Å²) in [5, 5.41) is 4.12. The van der Waals surface area contributed by atoms with Gasteiger partial charge in [0.2, 0.25) is 11.6 Å². The highest BCUT2D eigenvalue weighted by molar-refractivity contribution is 6.15. The third-order valence-corrected chi connectivity index (χ3v) is 4.77. The zero-order chi connectivity index (χ0) is 22.0. The van der Waals surface area contributed by atoms with Crippen LogP contribution < -0.4 is 14.2 Å². The molecule has 0 fully saturated rings. The number of cyclic esters (lactones) is 1. The summed E-state index contributed by atoms with van der Waals surface area (Å²) in [6.45, 7) is 1.74. The maximum Gasteiger partial charge on any atom is 0.363 e. The van der Waals surface area contributed by atoms with Gasteiger partial charge >= 0.3 is 5.97 Å². The number of benzene rings is 2. The summed E-state index contributed by atoms with van der Waals surface area (Å²) in [7, 11) is 4.55. The van der Waals surface area contributed by atoms with E-state index in [-0.39, 0.29) is 11.6 Å². The maximum absolute atomic E-state index is 12.6. The number of rotatable bonds is 6. The van der Waals surface area contributed by atoms with Crippen molar-refractivity contribution in [3.63, 3.8) is 0 Å². The monoisotopic (exact) mass is 420 g/mol. The quantitative estimate of drug-likeness (QED) is 0.439. The fourth-order valence-corrected chi connectivity index (χ4v) is 3.32. The van der Waals surface area contributed by atoms with Crippen molar-refractivity contribution in [3.8, 4) is 28.5 Å². The molecule has 158 valence electrons. The molecule has 2 aromatic carbocycles. The number of ether oxygens (including phenoxy) is 4. The van der Waals surface area contributed by atoms with E-state index >= 15 is 0 Å². The number of aryl methyl sites for hydroxylation is 1. The minimum absolute atomic E-state index is 0.111. The molecule has 0 unspecified atom stereocenters. The number of hydrogen-bond donors (Lipinski definition) is 0. The molecule has 0 saturated carbocycles. The van der Waals surface area contributed by atoms with Crippen LogP contribution in [-0.2, 0) is 9.53 Å². The topological polar surface area (TPSA) is 92.4 Å². The maximum atomic E-state index is 12.6. The molecule has 1 aliphatic heterocycles. The molecule has 8 nitrogen and oxygen atoms in total. The van der Waals surface area contributed by atoms with Gasteiger partial charge in [-0.05, 0) is 25.1 Å². The highest BCUT2D eigenvalue weighted by Crippen LogP contribution is 2.41. The third-order valence-electron chi connectivity index (χ3n) is 4.77. The fourth-order valence-electron chi connectivity index (χ4n) is 3.32. The number of hydrogen-bond acceptors (Lipinski definition) is 8. The van der Waals surface area contributed by atoms with Crippen LogP contribution in [0.5, 0.6) is 17.2 Å². The van der Waals surface area contributed by atoms with Crippen LogP contribution in [0.15, 0.2) is 57.7 Å². The van der Waals surface area contributed by atoms with Crippen molar-refractivity contribution in [3.05, 3.63) is 65.0 Å². The van der Waals surface area contributed by atoms with E-state index in [4.69, 9.17) is 23.5 Å². The molecule has 0 aliphatic carbocycles. The lowest BCUT2D eigenvalue weighted by molar-refractivity contribution is -0.129. The van der Waals surface area contributed by atoms with Gasteiger partial charge < -0.3 is 23.5 Å². The first-order valence-electron chi connectivity index (χ1n) is 9.41. The van der Waals surface area contributed by atoms with Gasteiger partial charge in [0.05, 0.1) is 21.3 Å². The highest BCUT2D eigenvalue weighted by atomic mass is 16.6. The highest BCUT2D eigenvalue weighted by Gasteiger charge is 2.30. The molecule has 0 amide bonds. The van der Waals surface area contributed by atoms with Crippen LogP contribution >= 0.6 is 0 Å². The predicted molar refractivity (Wildman–Crippen MR) is 113 cm³/mol. The molecule has 1 aromatic heterocycles. The van der Waals surface area contributed by atoms with E-state index in [0.29, 0.717) is 39.8 Å². The van der Waals surface area contributed by atoms with Gasteiger partial charge in [-0.2, -0.15) is 0 Å². The van der Waals surface area contributed by atoms with Crippen LogP contribution in [0.4, 0.5) is 0 Å². The Balaban J connectivity index is 1.78. The first kappa shape index (κ1) is 20.2. The van der Waals surface area contributed by atoms with E-state index < -0.39 is 5.97 Å². The summed E-state index contributed by atoms with van der Waals surface area (Å²) in [5.74, 6) is 1.37. The lowest BCUT2D eigenvalue weighted by Gasteiger charge is -2.14. The molecule has 0 atom stereocenters. The normalized spacial score (nSPS) is 14.4. The molecular formula is C23H20N2O6. The number of aromatic nitrogens is 1. The van der Waals surface area contributed by atoms with Crippen molar-refractivity contribution in [2.24, 2.45) is 4.99 Å². The predicted octanol–water partition coefficient (Wildman–Crippen LogP) is 4.02. The standard InChI is InChI=1S/C23H20N2O6/c1-13-18(19(25-31-13)14-8-6-5-7-9-14)22-24-16(23(26)30-22)12-15-10-11-17(27-2)21(29-4)20(15)28-3/h5-12H,1-4H3/b16-12+. The number of nitrogens with zero attached hydrogens (tertiary/aromatic N) is 2. The second-order valence-corrected chi connectivity index (χ2v) is 6.59. The van der Waals surface area contributed by atoms with Crippen molar-refractivity contribution in [2.75, 3.05) is 21.3 Å². The number of esters is 1. The van der Waals surface area contributed by atoms with Crippen molar-refractivity contribution < 1.29 is 28.3 Å². The molecule has 0 spiro atoms. The van der Waals surface area contributed by atoms with E-state index in [1.54, 1.807) is 25.1 Å². The lowest BCUT2D eigenvalue weighted by Crippen LogP contribution is -2.07. The molecule has 3 aromatic rings. The molecule has 0 N–H and O–H groups in total. The van der Waals surface area contributed by atoms with E-state index in [9.17, 15) is 4.79 Å². The third kappa shape index (κ3) is 3.63. The molecular weight excluding hydrogens is 400 g/mol. The van der Waals surface area contributed by atoms with Crippen LogP contribution in [0.3, 0.4) is 0 Å². The van der Waals surface area contributed by atoms with Gasteiger partial charge in [0, 0.05) is 11.1 Å². The van der Waals surface area contributed by atoms with Crippen molar-refractivity contribution >= 4 is 17.9 Å². The van der Waals surface area contributed by atoms with E-state index in [1.807, 2.05) is 30.3 Å². The summed E-state index contributed by atoms with van der Waals surface area (Å²) in [4.78, 5) is 17.0. The Morgan fingerprint density at radius 3 is 2.35 bits per heavy atom. The number of aliphatic imine (C=N–C) groups is 1. The second kappa shape index (κ2) is 8.35. The van der Waals surface area contributed by atoms with Crippen LogP contribution in [-0.4, -0.2) is 38.4 Å². The Morgan fingerprint density at radius 1 is 0.935 bits per heavy atom. The van der Waals surface area contributed by atoms with E-state index in [2.05, 4.69) is 10.1 Å². The molecule has 1 aliphatic rings. The van der Waals surface area contributed by atoms with E-state index in [1.165, 1.54) is 21.3 Å². The summed E-state index contributed by atoms with van der Waals surface area (Å²) in [6.07, 6.45) is 1.57. The average molecular weight is 420 g/mol. The first-order valence-corrected chi connectivity index (χ1v) is 9.41.